The molecule has 1 aliphatic carbocycles. The van der Waals surface area contributed by atoms with Gasteiger partial charge in [0.2, 0.25) is 0 Å². The van der Waals surface area contributed by atoms with Crippen molar-refractivity contribution >= 4 is 21.6 Å². The molecule has 1 saturated heterocycles. The van der Waals surface area contributed by atoms with E-state index < -0.39 is 6.10 Å². The summed E-state index contributed by atoms with van der Waals surface area (Å²) in [6.07, 6.45) is 9.51. The number of hydrogen-bond acceptors (Lipinski definition) is 2. The van der Waals surface area contributed by atoms with Crippen molar-refractivity contribution in [2.24, 2.45) is 5.41 Å². The van der Waals surface area contributed by atoms with Gasteiger partial charge >= 0.3 is 0 Å². The van der Waals surface area contributed by atoms with Gasteiger partial charge in [-0.25, -0.2) is 0 Å². The summed E-state index contributed by atoms with van der Waals surface area (Å²) in [4.78, 5) is 2.51. The second-order valence-corrected chi connectivity index (χ2v) is 7.78. The summed E-state index contributed by atoms with van der Waals surface area (Å²) in [6, 6.07) is 6.38. The fourth-order valence-electron chi connectivity index (χ4n) is 4.09. The third-order valence-electron chi connectivity index (χ3n) is 5.54. The van der Waals surface area contributed by atoms with Crippen LogP contribution in [0.5, 0.6) is 0 Å². The first kappa shape index (κ1) is 15.4. The highest BCUT2D eigenvalue weighted by Crippen LogP contribution is 2.45. The summed E-state index contributed by atoms with van der Waals surface area (Å²) in [7, 11) is 0. The monoisotopic (exact) mass is 351 g/mol. The number of aliphatic hydroxyl groups is 1. The highest BCUT2D eigenvalue weighted by atomic mass is 79.9. The molecule has 3 heteroatoms. The molecule has 3 rings (SSSR count). The number of nitrogens with zero attached hydrogens (tertiary/aromatic N) is 1. The van der Waals surface area contributed by atoms with Gasteiger partial charge in [-0.05, 0) is 55.7 Å². The van der Waals surface area contributed by atoms with Gasteiger partial charge in [-0.15, -0.1) is 0 Å². The second-order valence-electron chi connectivity index (χ2n) is 6.93. The minimum absolute atomic E-state index is 0.416. The second kappa shape index (κ2) is 6.29. The van der Waals surface area contributed by atoms with E-state index in [2.05, 4.69) is 39.0 Å². The van der Waals surface area contributed by atoms with E-state index in [0.29, 0.717) is 5.41 Å². The molecule has 0 bridgehead atoms. The number of anilines is 1. The standard InChI is InChI=1S/C18H26BrNO/c1-14(21)16-6-5-15(13-17(16)19)20-11-9-18(10-12-20)7-3-2-4-8-18/h5-6,13-14,21H,2-4,7-12H2,1H3/t14-/m0/s1. The Morgan fingerprint density at radius 1 is 1.10 bits per heavy atom. The highest BCUT2D eigenvalue weighted by molar-refractivity contribution is 9.10. The zero-order valence-electron chi connectivity index (χ0n) is 12.9. The molecular weight excluding hydrogens is 326 g/mol. The normalized spacial score (nSPS) is 23.3. The lowest BCUT2D eigenvalue weighted by Crippen LogP contribution is -2.41. The van der Waals surface area contributed by atoms with Gasteiger partial charge in [0.15, 0.2) is 0 Å². The van der Waals surface area contributed by atoms with Crippen LogP contribution in [0.3, 0.4) is 0 Å². The van der Waals surface area contributed by atoms with Gasteiger partial charge in [-0.1, -0.05) is 41.3 Å². The van der Waals surface area contributed by atoms with Gasteiger partial charge in [0.05, 0.1) is 6.10 Å². The van der Waals surface area contributed by atoms with Crippen molar-refractivity contribution in [1.29, 1.82) is 0 Å². The van der Waals surface area contributed by atoms with Crippen molar-refractivity contribution in [2.45, 2.75) is 58.0 Å². The summed E-state index contributed by atoms with van der Waals surface area (Å²) in [5, 5.41) is 9.73. The molecule has 116 valence electrons. The van der Waals surface area contributed by atoms with Crippen LogP contribution in [0.4, 0.5) is 5.69 Å². The van der Waals surface area contributed by atoms with Crippen LogP contribution in [0.1, 0.15) is 63.5 Å². The van der Waals surface area contributed by atoms with E-state index in [1.54, 1.807) is 0 Å². The first-order chi connectivity index (χ1) is 10.1. The van der Waals surface area contributed by atoms with Crippen LogP contribution in [0.15, 0.2) is 22.7 Å². The molecule has 1 aliphatic heterocycles. The number of rotatable bonds is 2. The largest absolute Gasteiger partial charge is 0.389 e. The predicted octanol–water partition coefficient (Wildman–Crippen LogP) is 5.05. The Labute approximate surface area is 136 Å². The van der Waals surface area contributed by atoms with E-state index in [4.69, 9.17) is 0 Å². The van der Waals surface area contributed by atoms with Crippen molar-refractivity contribution in [2.75, 3.05) is 18.0 Å². The van der Waals surface area contributed by atoms with E-state index in [0.717, 1.165) is 10.0 Å². The lowest BCUT2D eigenvalue weighted by molar-refractivity contribution is 0.144. The molecule has 0 amide bonds. The van der Waals surface area contributed by atoms with Crippen LogP contribution in [-0.2, 0) is 0 Å². The zero-order valence-corrected chi connectivity index (χ0v) is 14.5. The molecule has 0 aromatic heterocycles. The van der Waals surface area contributed by atoms with Gasteiger partial charge < -0.3 is 10.0 Å². The molecule has 1 atom stereocenters. The third kappa shape index (κ3) is 3.29. The van der Waals surface area contributed by atoms with Crippen LogP contribution < -0.4 is 4.90 Å². The Kier molecular flexibility index (Phi) is 4.60. The summed E-state index contributed by atoms with van der Waals surface area (Å²) in [5.74, 6) is 0. The Hall–Kier alpha value is -0.540. The summed E-state index contributed by atoms with van der Waals surface area (Å²) >= 11 is 3.60. The molecule has 1 saturated carbocycles. The van der Waals surface area contributed by atoms with Gasteiger partial charge in [0.1, 0.15) is 0 Å². The lowest BCUT2D eigenvalue weighted by Gasteiger charge is -2.45. The lowest BCUT2D eigenvalue weighted by atomic mass is 9.68. The number of halogens is 1. The Morgan fingerprint density at radius 3 is 2.33 bits per heavy atom. The van der Waals surface area contributed by atoms with Crippen molar-refractivity contribution in [1.82, 2.24) is 0 Å². The van der Waals surface area contributed by atoms with Crippen LogP contribution in [-0.4, -0.2) is 18.2 Å². The summed E-state index contributed by atoms with van der Waals surface area (Å²) in [6.45, 7) is 4.18. The smallest absolute Gasteiger partial charge is 0.0772 e. The molecule has 21 heavy (non-hydrogen) atoms. The summed E-state index contributed by atoms with van der Waals surface area (Å²) in [5.41, 5.74) is 2.92. The SMILES string of the molecule is C[C@H](O)c1ccc(N2CCC3(CCCCC3)CC2)cc1Br. The fourth-order valence-corrected chi connectivity index (χ4v) is 4.79. The van der Waals surface area contributed by atoms with Crippen LogP contribution >= 0.6 is 15.9 Å². The molecular formula is C18H26BrNO. The van der Waals surface area contributed by atoms with Gasteiger partial charge in [-0.2, -0.15) is 0 Å². The maximum atomic E-state index is 9.73. The van der Waals surface area contributed by atoms with Gasteiger partial charge in [0, 0.05) is 23.2 Å². The average Bonchev–Trinajstić information content (AvgIpc) is 2.48. The Balaban J connectivity index is 1.68. The van der Waals surface area contributed by atoms with Crippen LogP contribution in [0, 0.1) is 5.41 Å². The van der Waals surface area contributed by atoms with Gasteiger partial charge in [-0.3, -0.25) is 0 Å². The number of piperidine rings is 1. The molecule has 1 aromatic carbocycles. The van der Waals surface area contributed by atoms with Crippen molar-refractivity contribution < 1.29 is 5.11 Å². The molecule has 1 aromatic rings. The number of hydrogen-bond donors (Lipinski definition) is 1. The Morgan fingerprint density at radius 2 is 1.76 bits per heavy atom. The van der Waals surface area contributed by atoms with Crippen molar-refractivity contribution in [3.63, 3.8) is 0 Å². The molecule has 1 spiro atoms. The average molecular weight is 352 g/mol. The molecule has 0 radical (unpaired) electrons. The first-order valence-corrected chi connectivity index (χ1v) is 9.11. The topological polar surface area (TPSA) is 23.5 Å². The summed E-state index contributed by atoms with van der Waals surface area (Å²) < 4.78 is 1.02. The minimum atomic E-state index is -0.416. The van der Waals surface area contributed by atoms with E-state index in [1.807, 2.05) is 6.92 Å². The molecule has 2 nitrogen and oxygen atoms in total. The third-order valence-corrected chi connectivity index (χ3v) is 6.22. The quantitative estimate of drug-likeness (QED) is 0.805. The molecule has 0 unspecified atom stereocenters. The first-order valence-electron chi connectivity index (χ1n) is 8.32. The van der Waals surface area contributed by atoms with E-state index in [9.17, 15) is 5.11 Å². The molecule has 1 heterocycles. The van der Waals surface area contributed by atoms with Crippen molar-refractivity contribution in [3.05, 3.63) is 28.2 Å². The van der Waals surface area contributed by atoms with E-state index >= 15 is 0 Å². The van der Waals surface area contributed by atoms with Crippen molar-refractivity contribution in [3.8, 4) is 0 Å². The molecule has 2 aliphatic rings. The maximum Gasteiger partial charge on any atom is 0.0772 e. The molecule has 1 N–H and O–H groups in total. The maximum absolute atomic E-state index is 9.73. The Bertz CT molecular complexity index is 484. The van der Waals surface area contributed by atoms with Gasteiger partial charge in [0.25, 0.3) is 0 Å². The van der Waals surface area contributed by atoms with Crippen LogP contribution in [0.25, 0.3) is 0 Å². The van der Waals surface area contributed by atoms with E-state index in [1.165, 1.54) is 63.7 Å². The number of aliphatic hydroxyl groups excluding tert-OH is 1. The zero-order chi connectivity index (χ0) is 14.9. The predicted molar refractivity (Wildman–Crippen MR) is 91.7 cm³/mol. The molecule has 2 fully saturated rings. The number of benzene rings is 1. The van der Waals surface area contributed by atoms with E-state index in [-0.39, 0.29) is 0 Å². The highest BCUT2D eigenvalue weighted by Gasteiger charge is 2.35. The fraction of sp³-hybridized carbons (Fsp3) is 0.667. The minimum Gasteiger partial charge on any atom is -0.389 e. The van der Waals surface area contributed by atoms with Crippen LogP contribution in [0.2, 0.25) is 0 Å².